The monoisotopic (exact) mass is 214 g/mol. The summed E-state index contributed by atoms with van der Waals surface area (Å²) in [6.45, 7) is 10.0. The molecular formula is C8H20Cl2N2. The third-order valence-corrected chi connectivity index (χ3v) is 2.54. The van der Waals surface area contributed by atoms with E-state index in [4.69, 9.17) is 5.73 Å². The Hall–Kier alpha value is 0.500. The molecule has 1 rings (SSSR count). The molecule has 0 aliphatic carbocycles. The topological polar surface area (TPSA) is 29.3 Å². The molecule has 1 heterocycles. The Labute approximate surface area is 87.7 Å². The maximum atomic E-state index is 5.94. The molecule has 1 aliphatic rings. The van der Waals surface area contributed by atoms with E-state index in [9.17, 15) is 0 Å². The molecule has 0 spiro atoms. The Balaban J connectivity index is 0. The first-order valence-corrected chi connectivity index (χ1v) is 4.04. The van der Waals surface area contributed by atoms with Gasteiger partial charge in [0.2, 0.25) is 0 Å². The molecule has 12 heavy (non-hydrogen) atoms. The summed E-state index contributed by atoms with van der Waals surface area (Å²) < 4.78 is 0. The third kappa shape index (κ3) is 3.09. The molecule has 0 amide bonds. The predicted octanol–water partition coefficient (Wildman–Crippen LogP) is 1.52. The quantitative estimate of drug-likeness (QED) is 0.718. The number of halogens is 2. The van der Waals surface area contributed by atoms with Gasteiger partial charge in [-0.3, -0.25) is 0 Å². The molecule has 1 atom stereocenters. The van der Waals surface area contributed by atoms with Crippen molar-refractivity contribution in [2.24, 2.45) is 11.1 Å². The Morgan fingerprint density at radius 2 is 1.92 bits per heavy atom. The molecule has 2 nitrogen and oxygen atoms in total. The molecule has 0 bridgehead atoms. The summed E-state index contributed by atoms with van der Waals surface area (Å²) in [5.41, 5.74) is 6.27. The zero-order valence-corrected chi connectivity index (χ0v) is 9.67. The minimum absolute atomic E-state index is 0. The molecule has 0 aromatic heterocycles. The standard InChI is InChI=1S/C8H18N2.2ClH/c1-4-10-5-7(9)8(2,3)6-10;;/h7H,4-6,9H2,1-3H3;2*1H. The van der Waals surface area contributed by atoms with E-state index in [1.54, 1.807) is 0 Å². The first-order valence-electron chi connectivity index (χ1n) is 4.04. The van der Waals surface area contributed by atoms with Gasteiger partial charge in [-0.15, -0.1) is 24.8 Å². The fraction of sp³-hybridized carbons (Fsp3) is 1.00. The van der Waals surface area contributed by atoms with Crippen LogP contribution in [0.5, 0.6) is 0 Å². The molecule has 4 heteroatoms. The van der Waals surface area contributed by atoms with Gasteiger partial charge in [-0.2, -0.15) is 0 Å². The Morgan fingerprint density at radius 3 is 2.08 bits per heavy atom. The molecule has 0 aromatic carbocycles. The van der Waals surface area contributed by atoms with Crippen molar-refractivity contribution >= 4 is 24.8 Å². The average Bonchev–Trinajstić information content (AvgIpc) is 2.08. The SMILES string of the molecule is CCN1CC(N)C(C)(C)C1.Cl.Cl. The fourth-order valence-electron chi connectivity index (χ4n) is 1.52. The first kappa shape index (κ1) is 15.0. The summed E-state index contributed by atoms with van der Waals surface area (Å²) in [5, 5.41) is 0. The lowest BCUT2D eigenvalue weighted by atomic mass is 9.89. The molecular weight excluding hydrogens is 195 g/mol. The van der Waals surface area contributed by atoms with Crippen molar-refractivity contribution in [1.29, 1.82) is 0 Å². The van der Waals surface area contributed by atoms with E-state index in [1.165, 1.54) is 0 Å². The third-order valence-electron chi connectivity index (χ3n) is 2.54. The van der Waals surface area contributed by atoms with Crippen LogP contribution in [0.25, 0.3) is 0 Å². The lowest BCUT2D eigenvalue weighted by molar-refractivity contribution is 0.298. The molecule has 2 N–H and O–H groups in total. The van der Waals surface area contributed by atoms with Crippen LogP contribution in [0.4, 0.5) is 0 Å². The molecule has 1 fully saturated rings. The normalized spacial score (nSPS) is 27.5. The second kappa shape index (κ2) is 5.28. The minimum atomic E-state index is 0. The van der Waals surface area contributed by atoms with E-state index >= 15 is 0 Å². The molecule has 1 unspecified atom stereocenters. The predicted molar refractivity (Wildman–Crippen MR) is 58.4 cm³/mol. The highest BCUT2D eigenvalue weighted by molar-refractivity contribution is 5.85. The van der Waals surface area contributed by atoms with Gasteiger partial charge in [0, 0.05) is 19.1 Å². The number of nitrogens with zero attached hydrogens (tertiary/aromatic N) is 1. The molecule has 1 saturated heterocycles. The molecule has 1 aliphatic heterocycles. The number of hydrogen-bond acceptors (Lipinski definition) is 2. The van der Waals surface area contributed by atoms with Crippen molar-refractivity contribution < 1.29 is 0 Å². The van der Waals surface area contributed by atoms with Crippen molar-refractivity contribution in [3.63, 3.8) is 0 Å². The van der Waals surface area contributed by atoms with Gasteiger partial charge < -0.3 is 10.6 Å². The molecule has 76 valence electrons. The number of likely N-dealkylation sites (tertiary alicyclic amines) is 1. The largest absolute Gasteiger partial charge is 0.326 e. The van der Waals surface area contributed by atoms with E-state index < -0.39 is 0 Å². The van der Waals surface area contributed by atoms with E-state index in [0.717, 1.165) is 19.6 Å². The zero-order chi connectivity index (χ0) is 7.78. The highest BCUT2D eigenvalue weighted by Crippen LogP contribution is 2.27. The van der Waals surface area contributed by atoms with Crippen LogP contribution in [0.3, 0.4) is 0 Å². The van der Waals surface area contributed by atoms with Crippen LogP contribution in [0.2, 0.25) is 0 Å². The van der Waals surface area contributed by atoms with Crippen molar-refractivity contribution in [2.45, 2.75) is 26.8 Å². The lowest BCUT2D eigenvalue weighted by Gasteiger charge is -2.21. The molecule has 0 aromatic rings. The van der Waals surface area contributed by atoms with Crippen molar-refractivity contribution in [3.8, 4) is 0 Å². The van der Waals surface area contributed by atoms with Gasteiger partial charge in [-0.05, 0) is 12.0 Å². The fourth-order valence-corrected chi connectivity index (χ4v) is 1.52. The van der Waals surface area contributed by atoms with Gasteiger partial charge in [0.05, 0.1) is 0 Å². The first-order chi connectivity index (χ1) is 4.56. The maximum Gasteiger partial charge on any atom is 0.0232 e. The average molecular weight is 215 g/mol. The highest BCUT2D eigenvalue weighted by atomic mass is 35.5. The van der Waals surface area contributed by atoms with E-state index in [2.05, 4.69) is 25.7 Å². The van der Waals surface area contributed by atoms with Crippen LogP contribution in [-0.2, 0) is 0 Å². The maximum absolute atomic E-state index is 5.94. The summed E-state index contributed by atoms with van der Waals surface area (Å²) in [6, 6.07) is 0.368. The van der Waals surface area contributed by atoms with Crippen LogP contribution in [0.15, 0.2) is 0 Å². The second-order valence-corrected chi connectivity index (χ2v) is 3.92. The van der Waals surface area contributed by atoms with E-state index in [1.807, 2.05) is 0 Å². The van der Waals surface area contributed by atoms with Crippen molar-refractivity contribution in [2.75, 3.05) is 19.6 Å². The Bertz CT molecular complexity index is 128. The molecule has 0 saturated carbocycles. The number of rotatable bonds is 1. The summed E-state index contributed by atoms with van der Waals surface area (Å²) in [5.74, 6) is 0. The van der Waals surface area contributed by atoms with Crippen LogP contribution in [-0.4, -0.2) is 30.6 Å². The highest BCUT2D eigenvalue weighted by Gasteiger charge is 2.35. The lowest BCUT2D eigenvalue weighted by Crippen LogP contribution is -2.35. The molecule has 0 radical (unpaired) electrons. The van der Waals surface area contributed by atoms with Gasteiger partial charge in [-0.1, -0.05) is 20.8 Å². The second-order valence-electron chi connectivity index (χ2n) is 3.92. The minimum Gasteiger partial charge on any atom is -0.326 e. The smallest absolute Gasteiger partial charge is 0.0232 e. The summed E-state index contributed by atoms with van der Waals surface area (Å²) in [4.78, 5) is 2.41. The van der Waals surface area contributed by atoms with Crippen molar-refractivity contribution in [3.05, 3.63) is 0 Å². The van der Waals surface area contributed by atoms with Gasteiger partial charge in [0.1, 0.15) is 0 Å². The van der Waals surface area contributed by atoms with Crippen molar-refractivity contribution in [1.82, 2.24) is 4.90 Å². The van der Waals surface area contributed by atoms with Crippen LogP contribution < -0.4 is 5.73 Å². The number of hydrogen-bond donors (Lipinski definition) is 1. The number of likely N-dealkylation sites (N-methyl/N-ethyl adjacent to an activating group) is 1. The van der Waals surface area contributed by atoms with Gasteiger partial charge in [0.25, 0.3) is 0 Å². The summed E-state index contributed by atoms with van der Waals surface area (Å²) in [6.07, 6.45) is 0. The van der Waals surface area contributed by atoms with Crippen LogP contribution >= 0.6 is 24.8 Å². The van der Waals surface area contributed by atoms with E-state index in [0.29, 0.717) is 11.5 Å². The van der Waals surface area contributed by atoms with Gasteiger partial charge >= 0.3 is 0 Å². The van der Waals surface area contributed by atoms with E-state index in [-0.39, 0.29) is 24.8 Å². The zero-order valence-electron chi connectivity index (χ0n) is 8.04. The Kier molecular flexibility index (Phi) is 6.59. The van der Waals surface area contributed by atoms with Gasteiger partial charge in [0.15, 0.2) is 0 Å². The van der Waals surface area contributed by atoms with Gasteiger partial charge in [-0.25, -0.2) is 0 Å². The van der Waals surface area contributed by atoms with Crippen LogP contribution in [0, 0.1) is 5.41 Å². The number of nitrogens with two attached hydrogens (primary N) is 1. The Morgan fingerprint density at radius 1 is 1.42 bits per heavy atom. The van der Waals surface area contributed by atoms with Crippen LogP contribution in [0.1, 0.15) is 20.8 Å². The summed E-state index contributed by atoms with van der Waals surface area (Å²) >= 11 is 0. The summed E-state index contributed by atoms with van der Waals surface area (Å²) in [7, 11) is 0.